The molecule has 0 fully saturated rings. The van der Waals surface area contributed by atoms with E-state index in [0.29, 0.717) is 0 Å². The van der Waals surface area contributed by atoms with Crippen LogP contribution in [-0.2, 0) is 31.1 Å². The molecule has 3 aliphatic rings. The van der Waals surface area contributed by atoms with Gasteiger partial charge < -0.3 is 9.80 Å². The van der Waals surface area contributed by atoms with Gasteiger partial charge in [-0.3, -0.25) is 0 Å². The molecule has 2 aliphatic heterocycles. The minimum absolute atomic E-state index is 0.143. The van der Waals surface area contributed by atoms with Crippen molar-refractivity contribution in [2.45, 2.75) is 44.9 Å². The van der Waals surface area contributed by atoms with Gasteiger partial charge in [-0.1, -0.05) is 178 Å². The van der Waals surface area contributed by atoms with Crippen LogP contribution in [0.2, 0.25) is 0 Å². The lowest BCUT2D eigenvalue weighted by molar-refractivity contribution is 0.660. The van der Waals surface area contributed by atoms with Crippen molar-refractivity contribution in [3.63, 3.8) is 0 Å². The summed E-state index contributed by atoms with van der Waals surface area (Å²) in [7, 11) is 0. The first-order valence-electron chi connectivity index (χ1n) is 22.5. The van der Waals surface area contributed by atoms with Crippen LogP contribution in [0.25, 0.3) is 45.2 Å². The number of aryl methyl sites for hydroxylation is 4. The zero-order valence-electron chi connectivity index (χ0n) is 35.9. The molecule has 2 heterocycles. The van der Waals surface area contributed by atoms with E-state index in [2.05, 4.69) is 230 Å². The molecule has 2 heteroatoms. The molecule has 9 aromatic rings. The van der Waals surface area contributed by atoms with Gasteiger partial charge in [-0.15, -0.1) is 0 Å². The molecule has 2 nitrogen and oxygen atoms in total. The summed E-state index contributed by atoms with van der Waals surface area (Å²) in [5, 5.41) is 2.51. The normalized spacial score (nSPS) is 14.6. The average molecular weight is 809 g/mol. The lowest BCUT2D eigenvalue weighted by Crippen LogP contribution is -2.17. The molecular formula is C61H48N2. The Balaban J connectivity index is 0.837. The quantitative estimate of drug-likeness (QED) is 0.160. The molecule has 0 saturated heterocycles. The van der Waals surface area contributed by atoms with E-state index in [1.165, 1.54) is 112 Å². The number of benzene rings is 9. The Hall–Kier alpha value is -7.42. The van der Waals surface area contributed by atoms with E-state index in [9.17, 15) is 0 Å². The van der Waals surface area contributed by atoms with Crippen molar-refractivity contribution in [3.05, 3.63) is 239 Å². The number of hydrogen-bond acceptors (Lipinski definition) is 2. The molecule has 0 bridgehead atoms. The van der Waals surface area contributed by atoms with Crippen molar-refractivity contribution in [1.29, 1.82) is 0 Å². The van der Waals surface area contributed by atoms with Gasteiger partial charge in [0.15, 0.2) is 0 Å². The van der Waals surface area contributed by atoms with Gasteiger partial charge in [-0.25, -0.2) is 0 Å². The third kappa shape index (κ3) is 6.23. The molecule has 0 radical (unpaired) electrons. The summed E-state index contributed by atoms with van der Waals surface area (Å²) in [6.45, 7) is 4.78. The topological polar surface area (TPSA) is 6.48 Å². The van der Waals surface area contributed by atoms with Gasteiger partial charge in [0.25, 0.3) is 0 Å². The van der Waals surface area contributed by atoms with Crippen LogP contribution in [0.4, 0.5) is 34.1 Å². The molecule has 0 N–H and O–H groups in total. The van der Waals surface area contributed by atoms with E-state index in [1.807, 2.05) is 0 Å². The minimum atomic E-state index is -0.143. The predicted octanol–water partition coefficient (Wildman–Crippen LogP) is 16.1. The fourth-order valence-electron chi connectivity index (χ4n) is 10.8. The summed E-state index contributed by atoms with van der Waals surface area (Å²) in [4.78, 5) is 4.98. The molecule has 0 saturated carbocycles. The van der Waals surface area contributed by atoms with E-state index in [0.717, 1.165) is 25.7 Å². The molecular weight excluding hydrogens is 761 g/mol. The Labute approximate surface area is 371 Å². The smallest absolute Gasteiger partial charge is 0.0540 e. The maximum absolute atomic E-state index is 2.49. The number of rotatable bonds is 5. The van der Waals surface area contributed by atoms with E-state index >= 15 is 0 Å². The third-order valence-electron chi connectivity index (χ3n) is 14.0. The van der Waals surface area contributed by atoms with Crippen molar-refractivity contribution < 1.29 is 0 Å². The van der Waals surface area contributed by atoms with Crippen LogP contribution < -0.4 is 9.80 Å². The summed E-state index contributed by atoms with van der Waals surface area (Å²) in [5.74, 6) is 0. The molecule has 9 aromatic carbocycles. The van der Waals surface area contributed by atoms with Gasteiger partial charge in [0.05, 0.1) is 5.69 Å². The Morgan fingerprint density at radius 2 is 0.810 bits per heavy atom. The van der Waals surface area contributed by atoms with Crippen LogP contribution in [0.1, 0.15) is 58.4 Å². The van der Waals surface area contributed by atoms with Gasteiger partial charge in [0, 0.05) is 39.2 Å². The zero-order valence-corrected chi connectivity index (χ0v) is 35.9. The summed E-state index contributed by atoms with van der Waals surface area (Å²) in [5.41, 5.74) is 23.2. The zero-order chi connectivity index (χ0) is 42.1. The lowest BCUT2D eigenvalue weighted by Gasteiger charge is -2.29. The number of fused-ring (bicyclic) bond motifs is 8. The van der Waals surface area contributed by atoms with Crippen molar-refractivity contribution in [3.8, 4) is 22.3 Å². The third-order valence-corrected chi connectivity index (χ3v) is 14.0. The maximum atomic E-state index is 2.49. The Morgan fingerprint density at radius 1 is 0.365 bits per heavy atom. The summed E-state index contributed by atoms with van der Waals surface area (Å²) < 4.78 is 0. The standard InChI is InChI=1S/C61H48N2/c1-61(2)54-39-42(27-35-51(54)52-36-34-48(40-55(52)61)62-56-19-9-3-13-44(56)30-31-45-14-4-10-20-57(45)62)24-23-41-25-28-43(29-26-41)49-37-38-60(53-18-8-7-17-50(49)53)63-58-21-11-5-15-46(58)32-33-47-16-6-12-22-59(47)63/h3-29,34-40H,30-33H2,1-2H3/b24-23+. The predicted molar refractivity (Wildman–Crippen MR) is 266 cm³/mol. The van der Waals surface area contributed by atoms with Crippen molar-refractivity contribution in [1.82, 2.24) is 0 Å². The summed E-state index contributed by atoms with van der Waals surface area (Å²) >= 11 is 0. The van der Waals surface area contributed by atoms with E-state index < -0.39 is 0 Å². The van der Waals surface area contributed by atoms with Crippen LogP contribution >= 0.6 is 0 Å². The number of nitrogens with zero attached hydrogens (tertiary/aromatic N) is 2. The van der Waals surface area contributed by atoms with Gasteiger partial charge >= 0.3 is 0 Å². The highest BCUT2D eigenvalue weighted by Crippen LogP contribution is 2.52. The lowest BCUT2D eigenvalue weighted by atomic mass is 9.81. The Morgan fingerprint density at radius 3 is 1.40 bits per heavy atom. The highest BCUT2D eigenvalue weighted by Gasteiger charge is 2.36. The van der Waals surface area contributed by atoms with Gasteiger partial charge in [-0.05, 0) is 140 Å². The molecule has 63 heavy (non-hydrogen) atoms. The molecule has 0 unspecified atom stereocenters. The maximum Gasteiger partial charge on any atom is 0.0540 e. The number of hydrogen-bond donors (Lipinski definition) is 0. The fourth-order valence-corrected chi connectivity index (χ4v) is 10.8. The first-order chi connectivity index (χ1) is 31.0. The first kappa shape index (κ1) is 37.4. The number of para-hydroxylation sites is 4. The van der Waals surface area contributed by atoms with Crippen LogP contribution in [0, 0.1) is 0 Å². The van der Waals surface area contributed by atoms with E-state index in [1.54, 1.807) is 0 Å². The highest BCUT2D eigenvalue weighted by atomic mass is 15.2. The Kier molecular flexibility index (Phi) is 8.83. The Bertz CT molecular complexity index is 3180. The van der Waals surface area contributed by atoms with Gasteiger partial charge in [0.1, 0.15) is 0 Å². The second-order valence-corrected chi connectivity index (χ2v) is 18.0. The molecule has 0 amide bonds. The highest BCUT2D eigenvalue weighted by molar-refractivity contribution is 6.06. The summed E-state index contributed by atoms with van der Waals surface area (Å²) in [6.07, 6.45) is 8.68. The van der Waals surface area contributed by atoms with Crippen molar-refractivity contribution >= 4 is 57.0 Å². The van der Waals surface area contributed by atoms with Crippen LogP contribution in [0.5, 0.6) is 0 Å². The van der Waals surface area contributed by atoms with Gasteiger partial charge in [0.2, 0.25) is 0 Å². The second kappa shape index (κ2) is 14.9. The first-order valence-corrected chi connectivity index (χ1v) is 22.5. The summed E-state index contributed by atoms with van der Waals surface area (Å²) in [6, 6.07) is 72.4. The largest absolute Gasteiger partial charge is 0.310 e. The van der Waals surface area contributed by atoms with Crippen molar-refractivity contribution in [2.75, 3.05) is 9.80 Å². The molecule has 0 aromatic heterocycles. The molecule has 0 atom stereocenters. The van der Waals surface area contributed by atoms with Crippen LogP contribution in [-0.4, -0.2) is 0 Å². The molecule has 12 rings (SSSR count). The SMILES string of the molecule is CC1(C)c2cc(/C=C/c3ccc(-c4ccc(N5c6ccccc6CCc6ccccc65)c5ccccc45)cc3)ccc2-c2ccc(N3c4ccccc4CCc4ccccc43)cc21. The van der Waals surface area contributed by atoms with E-state index in [4.69, 9.17) is 0 Å². The van der Waals surface area contributed by atoms with Crippen molar-refractivity contribution in [2.24, 2.45) is 0 Å². The second-order valence-electron chi connectivity index (χ2n) is 18.0. The molecule has 0 spiro atoms. The van der Waals surface area contributed by atoms with Crippen LogP contribution in [0.3, 0.4) is 0 Å². The van der Waals surface area contributed by atoms with E-state index in [-0.39, 0.29) is 5.41 Å². The number of anilines is 6. The monoisotopic (exact) mass is 808 g/mol. The minimum Gasteiger partial charge on any atom is -0.310 e. The van der Waals surface area contributed by atoms with Crippen LogP contribution in [0.15, 0.2) is 194 Å². The van der Waals surface area contributed by atoms with Gasteiger partial charge in [-0.2, -0.15) is 0 Å². The average Bonchev–Trinajstić information content (AvgIpc) is 3.45. The fraction of sp³-hybridized carbons (Fsp3) is 0.115. The molecule has 302 valence electrons. The molecule has 1 aliphatic carbocycles.